The lowest BCUT2D eigenvalue weighted by molar-refractivity contribution is -0.137. The predicted octanol–water partition coefficient (Wildman–Crippen LogP) is 1.41. The normalized spacial score (nSPS) is 10.6. The molecule has 1 aromatic carbocycles. The maximum atomic E-state index is 10.9. The minimum absolute atomic E-state index is 0.0703. The van der Waals surface area contributed by atoms with Crippen LogP contribution in [0.1, 0.15) is 24.5 Å². The monoisotopic (exact) mass is 278 g/mol. The number of nitrogens with one attached hydrogen (secondary N) is 1. The molecule has 1 aromatic rings. The Hall–Kier alpha value is -1.88. The van der Waals surface area contributed by atoms with Crippen molar-refractivity contribution in [2.24, 2.45) is 0 Å². The van der Waals surface area contributed by atoms with E-state index >= 15 is 0 Å². The number of hydrogen-bond donors (Lipinski definition) is 2. The molecule has 0 saturated carbocycles. The summed E-state index contributed by atoms with van der Waals surface area (Å²) in [6, 6.07) is 8.04. The molecule has 0 fully saturated rings. The molecule has 0 bridgehead atoms. The zero-order chi connectivity index (χ0) is 15.0. The van der Waals surface area contributed by atoms with E-state index in [-0.39, 0.29) is 12.3 Å². The zero-order valence-corrected chi connectivity index (χ0v) is 12.1. The molecule has 0 spiro atoms. The highest BCUT2D eigenvalue weighted by atomic mass is 16.4. The molecule has 0 saturated heterocycles. The lowest BCUT2D eigenvalue weighted by Crippen LogP contribution is -2.35. The van der Waals surface area contributed by atoms with Crippen molar-refractivity contribution >= 4 is 11.9 Å². The van der Waals surface area contributed by atoms with Gasteiger partial charge < -0.3 is 10.4 Å². The van der Waals surface area contributed by atoms with Crippen LogP contribution in [-0.4, -0.2) is 41.5 Å². The van der Waals surface area contributed by atoms with Gasteiger partial charge in [-0.05, 0) is 18.1 Å². The number of benzene rings is 1. The zero-order valence-electron chi connectivity index (χ0n) is 12.1. The quantitative estimate of drug-likeness (QED) is 0.754. The topological polar surface area (TPSA) is 69.6 Å². The summed E-state index contributed by atoms with van der Waals surface area (Å²) in [5, 5.41) is 11.5. The first kappa shape index (κ1) is 16.2. The Bertz CT molecular complexity index is 460. The highest BCUT2D eigenvalue weighted by molar-refractivity contribution is 5.72. The van der Waals surface area contributed by atoms with Crippen molar-refractivity contribution in [2.75, 3.05) is 19.6 Å². The molecule has 0 unspecified atom stereocenters. The number of hydrogen-bond acceptors (Lipinski definition) is 3. The van der Waals surface area contributed by atoms with Gasteiger partial charge in [-0.3, -0.25) is 14.5 Å². The maximum absolute atomic E-state index is 10.9. The first-order valence-corrected chi connectivity index (χ1v) is 6.72. The Morgan fingerprint density at radius 1 is 1.25 bits per heavy atom. The SMILES string of the molecule is CC(=O)NCCN(CCC(=O)O)Cc1ccccc1C. The number of carbonyl (C=O) groups excluding carboxylic acids is 1. The number of carbonyl (C=O) groups is 2. The van der Waals surface area contributed by atoms with E-state index in [0.29, 0.717) is 26.2 Å². The molecule has 110 valence electrons. The van der Waals surface area contributed by atoms with E-state index in [1.54, 1.807) is 0 Å². The third-order valence-electron chi connectivity index (χ3n) is 3.10. The predicted molar refractivity (Wildman–Crippen MR) is 77.4 cm³/mol. The van der Waals surface area contributed by atoms with Crippen molar-refractivity contribution in [3.63, 3.8) is 0 Å². The van der Waals surface area contributed by atoms with Gasteiger partial charge in [0.2, 0.25) is 5.91 Å². The van der Waals surface area contributed by atoms with E-state index < -0.39 is 5.97 Å². The van der Waals surface area contributed by atoms with Gasteiger partial charge in [-0.1, -0.05) is 24.3 Å². The van der Waals surface area contributed by atoms with Gasteiger partial charge in [0.15, 0.2) is 0 Å². The van der Waals surface area contributed by atoms with Crippen molar-refractivity contribution < 1.29 is 14.7 Å². The summed E-state index contributed by atoms with van der Waals surface area (Å²) in [5.74, 6) is -0.876. The van der Waals surface area contributed by atoms with Crippen LogP contribution in [0.5, 0.6) is 0 Å². The van der Waals surface area contributed by atoms with Crippen molar-refractivity contribution in [2.45, 2.75) is 26.8 Å². The van der Waals surface area contributed by atoms with E-state index in [1.807, 2.05) is 36.1 Å². The van der Waals surface area contributed by atoms with Crippen LogP contribution >= 0.6 is 0 Å². The van der Waals surface area contributed by atoms with Gasteiger partial charge in [-0.15, -0.1) is 0 Å². The highest BCUT2D eigenvalue weighted by Crippen LogP contribution is 2.10. The molecule has 0 heterocycles. The summed E-state index contributed by atoms with van der Waals surface area (Å²) in [6.45, 7) is 5.85. The molecule has 0 aromatic heterocycles. The minimum atomic E-state index is -0.806. The fourth-order valence-electron chi connectivity index (χ4n) is 1.94. The molecule has 0 aliphatic rings. The number of rotatable bonds is 8. The third-order valence-corrected chi connectivity index (χ3v) is 3.10. The Morgan fingerprint density at radius 3 is 2.55 bits per heavy atom. The number of nitrogens with zero attached hydrogens (tertiary/aromatic N) is 1. The van der Waals surface area contributed by atoms with Crippen LogP contribution < -0.4 is 5.32 Å². The molecule has 1 rings (SSSR count). The average molecular weight is 278 g/mol. The fraction of sp³-hybridized carbons (Fsp3) is 0.467. The fourth-order valence-corrected chi connectivity index (χ4v) is 1.94. The molecule has 0 aliphatic heterocycles. The van der Waals surface area contributed by atoms with E-state index in [1.165, 1.54) is 18.1 Å². The molecule has 5 heteroatoms. The van der Waals surface area contributed by atoms with Crippen LogP contribution in [0.25, 0.3) is 0 Å². The second-order valence-electron chi connectivity index (χ2n) is 4.83. The highest BCUT2D eigenvalue weighted by Gasteiger charge is 2.09. The van der Waals surface area contributed by atoms with E-state index in [9.17, 15) is 9.59 Å². The largest absolute Gasteiger partial charge is 0.481 e. The summed E-state index contributed by atoms with van der Waals surface area (Å²) >= 11 is 0. The average Bonchev–Trinajstić information content (AvgIpc) is 2.37. The van der Waals surface area contributed by atoms with Gasteiger partial charge >= 0.3 is 5.97 Å². The summed E-state index contributed by atoms with van der Waals surface area (Å²) in [5.41, 5.74) is 2.37. The first-order chi connectivity index (χ1) is 9.49. The van der Waals surface area contributed by atoms with Crippen molar-refractivity contribution in [1.29, 1.82) is 0 Å². The Balaban J connectivity index is 2.59. The summed E-state index contributed by atoms with van der Waals surface area (Å²) < 4.78 is 0. The molecule has 1 amide bonds. The molecule has 0 atom stereocenters. The number of aliphatic carboxylic acids is 1. The van der Waals surface area contributed by atoms with Gasteiger partial charge in [0, 0.05) is 33.1 Å². The van der Waals surface area contributed by atoms with Gasteiger partial charge in [-0.2, -0.15) is 0 Å². The summed E-state index contributed by atoms with van der Waals surface area (Å²) in [4.78, 5) is 23.6. The number of carboxylic acids is 1. The van der Waals surface area contributed by atoms with E-state index in [0.717, 1.165) is 0 Å². The summed E-state index contributed by atoms with van der Waals surface area (Å²) in [6.07, 6.45) is 0.103. The van der Waals surface area contributed by atoms with Crippen molar-refractivity contribution in [3.8, 4) is 0 Å². The van der Waals surface area contributed by atoms with Gasteiger partial charge in [0.1, 0.15) is 0 Å². The number of aryl methyl sites for hydroxylation is 1. The molecular formula is C15H22N2O3. The van der Waals surface area contributed by atoms with Crippen molar-refractivity contribution in [1.82, 2.24) is 10.2 Å². The third kappa shape index (κ3) is 6.33. The lowest BCUT2D eigenvalue weighted by Gasteiger charge is -2.22. The van der Waals surface area contributed by atoms with Gasteiger partial charge in [-0.25, -0.2) is 0 Å². The smallest absolute Gasteiger partial charge is 0.304 e. The standard InChI is InChI=1S/C15H22N2O3/c1-12-5-3-4-6-14(12)11-17(9-7-15(19)20)10-8-16-13(2)18/h3-6H,7-11H2,1-2H3,(H,16,18)(H,19,20). The van der Waals surface area contributed by atoms with Crippen LogP contribution in [0.3, 0.4) is 0 Å². The molecule has 2 N–H and O–H groups in total. The molecular weight excluding hydrogens is 256 g/mol. The number of amides is 1. The number of carboxylic acid groups (broad SMARTS) is 1. The Morgan fingerprint density at radius 2 is 1.95 bits per heavy atom. The van der Waals surface area contributed by atoms with Crippen LogP contribution in [0.4, 0.5) is 0 Å². The van der Waals surface area contributed by atoms with E-state index in [2.05, 4.69) is 5.32 Å². The van der Waals surface area contributed by atoms with E-state index in [4.69, 9.17) is 5.11 Å². The van der Waals surface area contributed by atoms with Gasteiger partial charge in [0.05, 0.1) is 6.42 Å². The molecule has 20 heavy (non-hydrogen) atoms. The molecule has 0 radical (unpaired) electrons. The second kappa shape index (κ2) is 8.32. The second-order valence-corrected chi connectivity index (χ2v) is 4.83. The minimum Gasteiger partial charge on any atom is -0.481 e. The first-order valence-electron chi connectivity index (χ1n) is 6.72. The van der Waals surface area contributed by atoms with Crippen LogP contribution in [-0.2, 0) is 16.1 Å². The Kier molecular flexibility index (Phi) is 6.73. The van der Waals surface area contributed by atoms with Crippen LogP contribution in [0, 0.1) is 6.92 Å². The maximum Gasteiger partial charge on any atom is 0.304 e. The van der Waals surface area contributed by atoms with Crippen LogP contribution in [0.2, 0.25) is 0 Å². The molecule has 0 aliphatic carbocycles. The Labute approximate surface area is 119 Å². The van der Waals surface area contributed by atoms with Crippen molar-refractivity contribution in [3.05, 3.63) is 35.4 Å². The lowest BCUT2D eigenvalue weighted by atomic mass is 10.1. The molecule has 5 nitrogen and oxygen atoms in total. The van der Waals surface area contributed by atoms with Crippen LogP contribution in [0.15, 0.2) is 24.3 Å². The summed E-state index contributed by atoms with van der Waals surface area (Å²) in [7, 11) is 0. The van der Waals surface area contributed by atoms with Gasteiger partial charge in [0.25, 0.3) is 0 Å².